The summed E-state index contributed by atoms with van der Waals surface area (Å²) in [5.41, 5.74) is 2.87. The second-order valence-corrected chi connectivity index (χ2v) is 5.99. The number of rotatable bonds is 5. The van der Waals surface area contributed by atoms with E-state index in [-0.39, 0.29) is 6.04 Å². The van der Waals surface area contributed by atoms with Gasteiger partial charge in [-0.1, -0.05) is 30.3 Å². The minimum atomic E-state index is 0.124. The van der Waals surface area contributed by atoms with Gasteiger partial charge < -0.3 is 10.1 Å². The van der Waals surface area contributed by atoms with Crippen LogP contribution < -0.4 is 10.1 Å². The van der Waals surface area contributed by atoms with Crippen molar-refractivity contribution in [3.05, 3.63) is 72.7 Å². The third kappa shape index (κ3) is 2.97. The topological polar surface area (TPSA) is 64.9 Å². The third-order valence-corrected chi connectivity index (χ3v) is 4.34. The van der Waals surface area contributed by atoms with Crippen LogP contribution in [0.5, 0.6) is 5.75 Å². The Balaban J connectivity index is 1.68. The lowest BCUT2D eigenvalue weighted by molar-refractivity contribution is 0.414. The normalized spacial score (nSPS) is 12.1. The summed E-state index contributed by atoms with van der Waals surface area (Å²) >= 11 is 0. The van der Waals surface area contributed by atoms with Crippen LogP contribution in [0.3, 0.4) is 0 Å². The molecule has 0 aliphatic rings. The molecule has 0 radical (unpaired) electrons. The predicted octanol–water partition coefficient (Wildman–Crippen LogP) is 4.00. The van der Waals surface area contributed by atoms with E-state index < -0.39 is 0 Å². The number of fused-ring (bicyclic) bond motifs is 1. The van der Waals surface area contributed by atoms with Crippen LogP contribution in [0.15, 0.2) is 67.1 Å². The third-order valence-electron chi connectivity index (χ3n) is 4.34. The van der Waals surface area contributed by atoms with E-state index in [1.807, 2.05) is 42.5 Å². The molecule has 6 nitrogen and oxygen atoms in total. The Hall–Kier alpha value is -3.41. The van der Waals surface area contributed by atoms with Gasteiger partial charge in [-0.3, -0.25) is 0 Å². The van der Waals surface area contributed by atoms with Gasteiger partial charge in [0.25, 0.3) is 0 Å². The molecule has 0 aliphatic heterocycles. The number of hydrogen-bond donors (Lipinski definition) is 1. The molecular weight excluding hydrogens is 326 g/mol. The molecule has 0 fully saturated rings. The van der Waals surface area contributed by atoms with Crippen molar-refractivity contribution in [3.63, 3.8) is 0 Å². The maximum atomic E-state index is 5.21. The Kier molecular flexibility index (Phi) is 4.23. The van der Waals surface area contributed by atoms with E-state index in [0.717, 1.165) is 28.3 Å². The largest absolute Gasteiger partial charge is 0.497 e. The van der Waals surface area contributed by atoms with E-state index in [2.05, 4.69) is 39.4 Å². The van der Waals surface area contributed by atoms with Gasteiger partial charge in [0, 0.05) is 6.04 Å². The highest BCUT2D eigenvalue weighted by Gasteiger charge is 2.13. The highest BCUT2D eigenvalue weighted by atomic mass is 16.5. The lowest BCUT2D eigenvalue weighted by Crippen LogP contribution is -2.08. The molecule has 0 bridgehead atoms. The van der Waals surface area contributed by atoms with Crippen LogP contribution in [0, 0.1) is 0 Å². The maximum absolute atomic E-state index is 5.21. The lowest BCUT2D eigenvalue weighted by atomic mass is 10.1. The number of methoxy groups -OCH3 is 1. The molecule has 2 aromatic carbocycles. The van der Waals surface area contributed by atoms with E-state index in [1.54, 1.807) is 24.3 Å². The zero-order valence-corrected chi connectivity index (χ0v) is 14.6. The lowest BCUT2D eigenvalue weighted by Gasteiger charge is -2.15. The minimum absolute atomic E-state index is 0.124. The van der Waals surface area contributed by atoms with Crippen molar-refractivity contribution < 1.29 is 4.74 Å². The Morgan fingerprint density at radius 2 is 1.77 bits per heavy atom. The molecule has 4 rings (SSSR count). The summed E-state index contributed by atoms with van der Waals surface area (Å²) in [6.07, 6.45) is 3.35. The van der Waals surface area contributed by atoms with Gasteiger partial charge in [-0.2, -0.15) is 5.10 Å². The summed E-state index contributed by atoms with van der Waals surface area (Å²) in [4.78, 5) is 8.83. The maximum Gasteiger partial charge on any atom is 0.168 e. The molecule has 2 heterocycles. The Morgan fingerprint density at radius 1 is 1.00 bits per heavy atom. The van der Waals surface area contributed by atoms with E-state index in [9.17, 15) is 0 Å². The fourth-order valence-corrected chi connectivity index (χ4v) is 2.90. The van der Waals surface area contributed by atoms with Crippen LogP contribution in [0.2, 0.25) is 0 Å². The van der Waals surface area contributed by atoms with Crippen molar-refractivity contribution in [1.82, 2.24) is 19.7 Å². The van der Waals surface area contributed by atoms with Crippen LogP contribution in [-0.2, 0) is 0 Å². The molecule has 4 aromatic rings. The van der Waals surface area contributed by atoms with Crippen molar-refractivity contribution in [2.45, 2.75) is 13.0 Å². The molecule has 26 heavy (non-hydrogen) atoms. The van der Waals surface area contributed by atoms with Gasteiger partial charge in [0.05, 0.1) is 24.4 Å². The Morgan fingerprint density at radius 3 is 2.50 bits per heavy atom. The first-order valence-corrected chi connectivity index (χ1v) is 8.41. The molecule has 0 amide bonds. The van der Waals surface area contributed by atoms with E-state index in [1.165, 1.54) is 5.56 Å². The molecule has 0 aliphatic carbocycles. The van der Waals surface area contributed by atoms with Gasteiger partial charge in [0.2, 0.25) is 0 Å². The fraction of sp³-hybridized carbons (Fsp3) is 0.150. The number of aromatic nitrogens is 4. The van der Waals surface area contributed by atoms with Gasteiger partial charge in [-0.25, -0.2) is 14.6 Å². The van der Waals surface area contributed by atoms with Gasteiger partial charge in [0.1, 0.15) is 17.9 Å². The van der Waals surface area contributed by atoms with Crippen molar-refractivity contribution in [2.24, 2.45) is 0 Å². The molecule has 0 spiro atoms. The molecule has 130 valence electrons. The van der Waals surface area contributed by atoms with E-state index >= 15 is 0 Å². The second-order valence-electron chi connectivity index (χ2n) is 5.99. The van der Waals surface area contributed by atoms with Gasteiger partial charge in [-0.05, 0) is 36.8 Å². The van der Waals surface area contributed by atoms with E-state index in [4.69, 9.17) is 4.74 Å². The summed E-state index contributed by atoms with van der Waals surface area (Å²) < 4.78 is 7.01. The first kappa shape index (κ1) is 16.1. The molecule has 0 saturated heterocycles. The Bertz CT molecular complexity index is 1010. The first-order valence-electron chi connectivity index (χ1n) is 8.41. The summed E-state index contributed by atoms with van der Waals surface area (Å²) in [7, 11) is 1.65. The van der Waals surface area contributed by atoms with Crippen LogP contribution in [0.25, 0.3) is 16.7 Å². The van der Waals surface area contributed by atoms with Crippen LogP contribution in [0.1, 0.15) is 18.5 Å². The molecule has 1 atom stereocenters. The smallest absolute Gasteiger partial charge is 0.168 e. The Labute approximate surface area is 151 Å². The number of nitrogens with one attached hydrogen (secondary N) is 1. The molecule has 1 N–H and O–H groups in total. The molecule has 6 heteroatoms. The van der Waals surface area contributed by atoms with Crippen molar-refractivity contribution in [3.8, 4) is 11.4 Å². The average molecular weight is 345 g/mol. The van der Waals surface area contributed by atoms with Gasteiger partial charge in [0.15, 0.2) is 5.65 Å². The standard InChI is InChI=1S/C20H19N5O/c1-14(15-6-4-3-5-7-15)24-19-18-12-23-25(20(18)22-13-21-19)16-8-10-17(26-2)11-9-16/h3-14H,1-2H3,(H,21,22,24)/t14-/m0/s1. The minimum Gasteiger partial charge on any atom is -0.497 e. The number of hydrogen-bond acceptors (Lipinski definition) is 5. The highest BCUT2D eigenvalue weighted by molar-refractivity contribution is 5.87. The van der Waals surface area contributed by atoms with Gasteiger partial charge >= 0.3 is 0 Å². The summed E-state index contributed by atoms with van der Waals surface area (Å²) in [5.74, 6) is 1.57. The van der Waals surface area contributed by atoms with Crippen molar-refractivity contribution in [2.75, 3.05) is 12.4 Å². The number of nitrogens with zero attached hydrogens (tertiary/aromatic N) is 4. The SMILES string of the molecule is COc1ccc(-n2ncc3c(N[C@@H](C)c4ccccc4)ncnc32)cc1. The first-order chi connectivity index (χ1) is 12.8. The quantitative estimate of drug-likeness (QED) is 0.592. The van der Waals surface area contributed by atoms with Crippen LogP contribution in [-0.4, -0.2) is 26.9 Å². The van der Waals surface area contributed by atoms with E-state index in [0.29, 0.717) is 0 Å². The summed E-state index contributed by atoms with van der Waals surface area (Å²) in [6, 6.07) is 18.1. The molecule has 0 saturated carbocycles. The van der Waals surface area contributed by atoms with Crippen LogP contribution in [0.4, 0.5) is 5.82 Å². The molecule has 2 aromatic heterocycles. The summed E-state index contributed by atoms with van der Waals surface area (Å²) in [6.45, 7) is 2.11. The average Bonchev–Trinajstić information content (AvgIpc) is 3.14. The highest BCUT2D eigenvalue weighted by Crippen LogP contribution is 2.25. The van der Waals surface area contributed by atoms with Crippen molar-refractivity contribution in [1.29, 1.82) is 0 Å². The van der Waals surface area contributed by atoms with Crippen molar-refractivity contribution >= 4 is 16.9 Å². The predicted molar refractivity (Wildman–Crippen MR) is 102 cm³/mol. The number of anilines is 1. The number of benzene rings is 2. The van der Waals surface area contributed by atoms with Crippen LogP contribution >= 0.6 is 0 Å². The summed E-state index contributed by atoms with van der Waals surface area (Å²) in [5, 5.41) is 8.84. The van der Waals surface area contributed by atoms with Gasteiger partial charge in [-0.15, -0.1) is 0 Å². The zero-order valence-electron chi connectivity index (χ0n) is 14.6. The monoisotopic (exact) mass is 345 g/mol. The molecule has 0 unspecified atom stereocenters. The zero-order chi connectivity index (χ0) is 17.9. The fourth-order valence-electron chi connectivity index (χ4n) is 2.90. The number of ether oxygens (including phenoxy) is 1. The second kappa shape index (κ2) is 6.84. The molecular formula is C20H19N5O.